The molecule has 0 fully saturated rings. The molecule has 3 heteroatoms. The van der Waals surface area contributed by atoms with Crippen LogP contribution < -0.4 is 11.1 Å². The van der Waals surface area contributed by atoms with E-state index >= 15 is 0 Å². The highest BCUT2D eigenvalue weighted by Crippen LogP contribution is 2.32. The molecule has 0 amide bonds. The van der Waals surface area contributed by atoms with Crippen LogP contribution in [0, 0.1) is 0 Å². The highest BCUT2D eigenvalue weighted by molar-refractivity contribution is 5.81. The van der Waals surface area contributed by atoms with Gasteiger partial charge in [-0.25, -0.2) is 0 Å². The molecule has 1 atom stereocenters. The molecular weight excluding hydrogens is 306 g/mol. The van der Waals surface area contributed by atoms with Crippen molar-refractivity contribution in [1.29, 1.82) is 0 Å². The lowest BCUT2D eigenvalue weighted by Gasteiger charge is -2.34. The first-order chi connectivity index (χ1) is 12.0. The monoisotopic (exact) mass is 341 g/mol. The van der Waals surface area contributed by atoms with Crippen molar-refractivity contribution in [1.82, 2.24) is 4.90 Å². The van der Waals surface area contributed by atoms with Crippen LogP contribution in [-0.2, 0) is 0 Å². The molecule has 3 N–H and O–H groups in total. The van der Waals surface area contributed by atoms with Gasteiger partial charge in [-0.3, -0.25) is 0 Å². The Balaban J connectivity index is 3.20. The molecule has 0 heterocycles. The number of nitrogens with one attached hydrogen (secondary N) is 1. The zero-order chi connectivity index (χ0) is 18.8. The number of hydrogen-bond acceptors (Lipinski definition) is 3. The lowest BCUT2D eigenvalue weighted by atomic mass is 9.97. The maximum atomic E-state index is 5.86. The molecule has 25 heavy (non-hydrogen) atoms. The summed E-state index contributed by atoms with van der Waals surface area (Å²) in [5.41, 5.74) is 11.2. The molecule has 0 spiro atoms. The second kappa shape index (κ2) is 10.8. The molecule has 1 unspecified atom stereocenters. The van der Waals surface area contributed by atoms with Crippen LogP contribution in [0.2, 0.25) is 0 Å². The molecule has 0 radical (unpaired) electrons. The van der Waals surface area contributed by atoms with Crippen molar-refractivity contribution in [2.24, 2.45) is 5.73 Å². The quantitative estimate of drug-likeness (QED) is 0.409. The van der Waals surface area contributed by atoms with E-state index in [1.165, 1.54) is 6.42 Å². The van der Waals surface area contributed by atoms with Crippen LogP contribution >= 0.6 is 0 Å². The smallest absolute Gasteiger partial charge is 0.0508 e. The largest absolute Gasteiger partial charge is 0.384 e. The SMILES string of the molecule is C=Cc1cccc(NCCCC)c1C(=C)N(C)C(CCC)C(=C)CN. The highest BCUT2D eigenvalue weighted by atomic mass is 15.1. The predicted octanol–water partition coefficient (Wildman–Crippen LogP) is 5.13. The van der Waals surface area contributed by atoms with E-state index in [0.29, 0.717) is 6.54 Å². The second-order valence-corrected chi connectivity index (χ2v) is 6.48. The van der Waals surface area contributed by atoms with Gasteiger partial charge in [-0.1, -0.05) is 64.6 Å². The maximum Gasteiger partial charge on any atom is 0.0508 e. The van der Waals surface area contributed by atoms with Crippen LogP contribution in [0.5, 0.6) is 0 Å². The zero-order valence-electron chi connectivity index (χ0n) is 16.3. The van der Waals surface area contributed by atoms with Gasteiger partial charge >= 0.3 is 0 Å². The molecule has 3 nitrogen and oxygen atoms in total. The molecule has 0 saturated carbocycles. The van der Waals surface area contributed by atoms with Crippen molar-refractivity contribution >= 4 is 17.5 Å². The molecule has 138 valence electrons. The molecule has 0 aliphatic heterocycles. The fourth-order valence-electron chi connectivity index (χ4n) is 3.06. The Hall–Kier alpha value is -2.00. The molecule has 0 bridgehead atoms. The lowest BCUT2D eigenvalue weighted by molar-refractivity contribution is 0.365. The van der Waals surface area contributed by atoms with Gasteiger partial charge in [0.2, 0.25) is 0 Å². The summed E-state index contributed by atoms with van der Waals surface area (Å²) >= 11 is 0. The van der Waals surface area contributed by atoms with Crippen LogP contribution in [0.4, 0.5) is 5.69 Å². The standard InChI is InChI=1S/C22H35N3/c1-7-10-15-24-20-14-11-13-19(9-3)22(20)18(5)25(6)21(12-8-2)17(4)16-23/h9,11,13-14,21,24H,3-5,7-8,10,12,15-16,23H2,1-2,6H3. The van der Waals surface area contributed by atoms with E-state index in [1.807, 2.05) is 6.08 Å². The van der Waals surface area contributed by atoms with Crippen molar-refractivity contribution in [3.8, 4) is 0 Å². The number of benzene rings is 1. The minimum absolute atomic E-state index is 0.198. The topological polar surface area (TPSA) is 41.3 Å². The summed E-state index contributed by atoms with van der Waals surface area (Å²) in [6.45, 7) is 18.4. The summed E-state index contributed by atoms with van der Waals surface area (Å²) in [6, 6.07) is 6.45. The first-order valence-electron chi connectivity index (χ1n) is 9.30. The third kappa shape index (κ3) is 5.50. The molecule has 0 aliphatic carbocycles. The number of likely N-dealkylation sites (N-methyl/N-ethyl adjacent to an activating group) is 1. The van der Waals surface area contributed by atoms with Gasteiger partial charge < -0.3 is 16.0 Å². The van der Waals surface area contributed by atoms with Crippen molar-refractivity contribution < 1.29 is 0 Å². The van der Waals surface area contributed by atoms with Crippen LogP contribution in [0.25, 0.3) is 11.8 Å². The van der Waals surface area contributed by atoms with Gasteiger partial charge in [0.1, 0.15) is 0 Å². The van der Waals surface area contributed by atoms with Gasteiger partial charge in [-0.15, -0.1) is 0 Å². The molecule has 0 aromatic heterocycles. The van der Waals surface area contributed by atoms with Crippen LogP contribution in [-0.4, -0.2) is 31.1 Å². The van der Waals surface area contributed by atoms with Crippen molar-refractivity contribution in [3.63, 3.8) is 0 Å². The summed E-state index contributed by atoms with van der Waals surface area (Å²) in [7, 11) is 2.08. The van der Waals surface area contributed by atoms with E-state index in [-0.39, 0.29) is 6.04 Å². The Morgan fingerprint density at radius 3 is 2.56 bits per heavy atom. The Bertz CT molecular complexity index is 589. The second-order valence-electron chi connectivity index (χ2n) is 6.48. The van der Waals surface area contributed by atoms with Gasteiger partial charge in [0, 0.05) is 37.1 Å². The minimum Gasteiger partial charge on any atom is -0.384 e. The summed E-state index contributed by atoms with van der Waals surface area (Å²) in [5, 5.41) is 3.56. The van der Waals surface area contributed by atoms with Gasteiger partial charge in [0.05, 0.1) is 6.04 Å². The predicted molar refractivity (Wildman–Crippen MR) is 114 cm³/mol. The van der Waals surface area contributed by atoms with Crippen LogP contribution in [0.3, 0.4) is 0 Å². The molecule has 0 aliphatic rings. The molecule has 1 aromatic carbocycles. The van der Waals surface area contributed by atoms with Crippen molar-refractivity contribution in [2.75, 3.05) is 25.5 Å². The van der Waals surface area contributed by atoms with E-state index in [4.69, 9.17) is 5.73 Å². The number of hydrogen-bond donors (Lipinski definition) is 2. The Morgan fingerprint density at radius 1 is 1.28 bits per heavy atom. The van der Waals surface area contributed by atoms with Crippen LogP contribution in [0.15, 0.2) is 43.5 Å². The highest BCUT2D eigenvalue weighted by Gasteiger charge is 2.21. The average molecular weight is 342 g/mol. The number of nitrogens with zero attached hydrogens (tertiary/aromatic N) is 1. The third-order valence-electron chi connectivity index (χ3n) is 4.64. The molecule has 0 saturated heterocycles. The van der Waals surface area contributed by atoms with E-state index in [9.17, 15) is 0 Å². The number of rotatable bonds is 12. The Labute approximate surface area is 154 Å². The lowest BCUT2D eigenvalue weighted by Crippen LogP contribution is -2.34. The third-order valence-corrected chi connectivity index (χ3v) is 4.64. The first kappa shape index (κ1) is 21.0. The fraction of sp³-hybridized carbons (Fsp3) is 0.455. The fourth-order valence-corrected chi connectivity index (χ4v) is 3.06. The van der Waals surface area contributed by atoms with E-state index in [2.05, 4.69) is 69.0 Å². The van der Waals surface area contributed by atoms with Gasteiger partial charge in [0.25, 0.3) is 0 Å². The van der Waals surface area contributed by atoms with E-state index in [0.717, 1.165) is 53.9 Å². The van der Waals surface area contributed by atoms with E-state index in [1.54, 1.807) is 0 Å². The molecular formula is C22H35N3. The number of anilines is 1. The van der Waals surface area contributed by atoms with Gasteiger partial charge in [-0.2, -0.15) is 0 Å². The molecule has 1 aromatic rings. The van der Waals surface area contributed by atoms with Crippen molar-refractivity contribution in [2.45, 2.75) is 45.6 Å². The average Bonchev–Trinajstić information content (AvgIpc) is 2.64. The van der Waals surface area contributed by atoms with Crippen LogP contribution in [0.1, 0.15) is 50.7 Å². The summed E-state index contributed by atoms with van der Waals surface area (Å²) in [5.74, 6) is 0. The van der Waals surface area contributed by atoms with Crippen molar-refractivity contribution in [3.05, 3.63) is 54.6 Å². The van der Waals surface area contributed by atoms with Gasteiger partial charge in [0.15, 0.2) is 0 Å². The summed E-state index contributed by atoms with van der Waals surface area (Å²) in [4.78, 5) is 2.21. The minimum atomic E-state index is 0.198. The van der Waals surface area contributed by atoms with Gasteiger partial charge in [-0.05, 0) is 30.0 Å². The molecule has 1 rings (SSSR count). The summed E-state index contributed by atoms with van der Waals surface area (Å²) < 4.78 is 0. The normalized spacial score (nSPS) is 11.7. The number of unbranched alkanes of at least 4 members (excludes halogenated alkanes) is 1. The Kier molecular flexibility index (Phi) is 9.07. The first-order valence-corrected chi connectivity index (χ1v) is 9.30. The maximum absolute atomic E-state index is 5.86. The Morgan fingerprint density at radius 2 is 2.00 bits per heavy atom. The van der Waals surface area contributed by atoms with E-state index < -0.39 is 0 Å². The zero-order valence-corrected chi connectivity index (χ0v) is 16.3. The number of nitrogens with two attached hydrogens (primary N) is 1. The summed E-state index contributed by atoms with van der Waals surface area (Å²) in [6.07, 6.45) is 6.29.